The van der Waals surface area contributed by atoms with E-state index in [4.69, 9.17) is 9.47 Å². The zero-order valence-corrected chi connectivity index (χ0v) is 14.4. The Hall–Kier alpha value is -2.34. The van der Waals surface area contributed by atoms with Crippen molar-refractivity contribution in [3.8, 4) is 11.5 Å². The molecule has 0 saturated heterocycles. The third kappa shape index (κ3) is 6.04. The average Bonchev–Trinajstić information content (AvgIpc) is 3.12. The fourth-order valence-corrected chi connectivity index (χ4v) is 2.58. The number of hydrogen-bond donors (Lipinski definition) is 1. The Kier molecular flexibility index (Phi) is 7.29. The maximum absolute atomic E-state index is 11.8. The van der Waals surface area contributed by atoms with Crippen LogP contribution in [0.1, 0.15) is 35.9 Å². The normalized spacial score (nSPS) is 10.2. The van der Waals surface area contributed by atoms with E-state index in [0.29, 0.717) is 30.2 Å². The van der Waals surface area contributed by atoms with E-state index in [1.165, 1.54) is 11.3 Å². The first kappa shape index (κ1) is 18.0. The molecule has 0 aliphatic carbocycles. The van der Waals surface area contributed by atoms with Crippen LogP contribution < -0.4 is 14.8 Å². The van der Waals surface area contributed by atoms with Crippen LogP contribution in [0.3, 0.4) is 0 Å². The van der Waals surface area contributed by atoms with Gasteiger partial charge in [0, 0.05) is 13.0 Å². The lowest BCUT2D eigenvalue weighted by Gasteiger charge is -2.07. The van der Waals surface area contributed by atoms with E-state index < -0.39 is 0 Å². The molecule has 1 N–H and O–H groups in total. The summed E-state index contributed by atoms with van der Waals surface area (Å²) in [5.74, 6) is 0.822. The molecule has 2 aromatic rings. The standard InChI is InChI=1S/C18H21NO4S/c1-2-12-22-14-7-9-15(10-8-14)23-17(20)6-3-11-19-18(21)16-5-4-13-24-16/h4-5,7-10,13H,2-3,6,11-12H2,1H3,(H,19,21). The number of carbonyl (C=O) groups excluding carboxylic acids is 2. The number of benzene rings is 1. The molecule has 0 spiro atoms. The second-order valence-electron chi connectivity index (χ2n) is 5.13. The second-order valence-corrected chi connectivity index (χ2v) is 6.08. The molecule has 0 atom stereocenters. The Morgan fingerprint density at radius 1 is 1.12 bits per heavy atom. The van der Waals surface area contributed by atoms with Crippen molar-refractivity contribution in [2.45, 2.75) is 26.2 Å². The number of nitrogens with one attached hydrogen (secondary N) is 1. The first-order valence-electron chi connectivity index (χ1n) is 7.94. The van der Waals surface area contributed by atoms with Crippen molar-refractivity contribution in [1.29, 1.82) is 0 Å². The van der Waals surface area contributed by atoms with Crippen molar-refractivity contribution in [3.05, 3.63) is 46.7 Å². The van der Waals surface area contributed by atoms with Gasteiger partial charge in [0.2, 0.25) is 0 Å². The van der Waals surface area contributed by atoms with Gasteiger partial charge in [-0.2, -0.15) is 0 Å². The molecule has 0 saturated carbocycles. The van der Waals surface area contributed by atoms with Crippen LogP contribution in [0, 0.1) is 0 Å². The lowest BCUT2D eigenvalue weighted by molar-refractivity contribution is -0.134. The number of ether oxygens (including phenoxy) is 2. The van der Waals surface area contributed by atoms with Gasteiger partial charge in [0.1, 0.15) is 11.5 Å². The van der Waals surface area contributed by atoms with Gasteiger partial charge in [-0.25, -0.2) is 0 Å². The molecule has 6 heteroatoms. The zero-order valence-electron chi connectivity index (χ0n) is 13.6. The molecule has 2 rings (SSSR count). The first-order valence-corrected chi connectivity index (χ1v) is 8.82. The van der Waals surface area contributed by atoms with Gasteiger partial charge in [-0.1, -0.05) is 13.0 Å². The summed E-state index contributed by atoms with van der Waals surface area (Å²) in [5.41, 5.74) is 0. The second kappa shape index (κ2) is 9.72. The van der Waals surface area contributed by atoms with Crippen molar-refractivity contribution < 1.29 is 19.1 Å². The SMILES string of the molecule is CCCOc1ccc(OC(=O)CCCNC(=O)c2cccs2)cc1. The molecule has 0 aliphatic rings. The van der Waals surface area contributed by atoms with Crippen LogP contribution in [-0.4, -0.2) is 25.0 Å². The van der Waals surface area contributed by atoms with E-state index in [2.05, 4.69) is 5.32 Å². The predicted molar refractivity (Wildman–Crippen MR) is 93.7 cm³/mol. The van der Waals surface area contributed by atoms with E-state index in [1.807, 2.05) is 18.4 Å². The van der Waals surface area contributed by atoms with Crippen LogP contribution >= 0.6 is 11.3 Å². The minimum Gasteiger partial charge on any atom is -0.494 e. The van der Waals surface area contributed by atoms with Gasteiger partial charge in [-0.05, 0) is 48.6 Å². The molecular formula is C18H21NO4S. The van der Waals surface area contributed by atoms with Gasteiger partial charge in [0.25, 0.3) is 5.91 Å². The van der Waals surface area contributed by atoms with Crippen molar-refractivity contribution >= 4 is 23.2 Å². The van der Waals surface area contributed by atoms with Gasteiger partial charge in [0.15, 0.2) is 0 Å². The van der Waals surface area contributed by atoms with Crippen molar-refractivity contribution in [1.82, 2.24) is 5.32 Å². The Morgan fingerprint density at radius 2 is 1.88 bits per heavy atom. The molecule has 0 bridgehead atoms. The summed E-state index contributed by atoms with van der Waals surface area (Å²) in [7, 11) is 0. The summed E-state index contributed by atoms with van der Waals surface area (Å²) in [6.07, 6.45) is 1.73. The van der Waals surface area contributed by atoms with Crippen LogP contribution in [0.2, 0.25) is 0 Å². The Labute approximate surface area is 145 Å². The average molecular weight is 347 g/mol. The molecule has 1 heterocycles. The lowest BCUT2D eigenvalue weighted by Crippen LogP contribution is -2.24. The number of carbonyl (C=O) groups is 2. The summed E-state index contributed by atoms with van der Waals surface area (Å²) in [6, 6.07) is 10.6. The van der Waals surface area contributed by atoms with E-state index in [1.54, 1.807) is 30.3 Å². The van der Waals surface area contributed by atoms with E-state index in [-0.39, 0.29) is 18.3 Å². The molecule has 5 nitrogen and oxygen atoms in total. The highest BCUT2D eigenvalue weighted by Gasteiger charge is 2.08. The fraction of sp³-hybridized carbons (Fsp3) is 0.333. The zero-order chi connectivity index (χ0) is 17.2. The van der Waals surface area contributed by atoms with Gasteiger partial charge < -0.3 is 14.8 Å². The van der Waals surface area contributed by atoms with E-state index >= 15 is 0 Å². The van der Waals surface area contributed by atoms with Gasteiger partial charge >= 0.3 is 5.97 Å². The highest BCUT2D eigenvalue weighted by atomic mass is 32.1. The minimum atomic E-state index is -0.317. The molecule has 0 unspecified atom stereocenters. The number of hydrogen-bond acceptors (Lipinski definition) is 5. The summed E-state index contributed by atoms with van der Waals surface area (Å²) >= 11 is 1.39. The van der Waals surface area contributed by atoms with Crippen LogP contribution in [-0.2, 0) is 4.79 Å². The topological polar surface area (TPSA) is 64.6 Å². The molecule has 0 radical (unpaired) electrons. The number of thiophene rings is 1. The molecule has 0 aliphatic heterocycles. The largest absolute Gasteiger partial charge is 0.494 e. The van der Waals surface area contributed by atoms with Gasteiger partial charge in [0.05, 0.1) is 11.5 Å². The van der Waals surface area contributed by atoms with E-state index in [9.17, 15) is 9.59 Å². The van der Waals surface area contributed by atoms with Crippen LogP contribution in [0.4, 0.5) is 0 Å². The maximum atomic E-state index is 11.8. The van der Waals surface area contributed by atoms with Crippen molar-refractivity contribution in [2.75, 3.05) is 13.2 Å². The van der Waals surface area contributed by atoms with Crippen LogP contribution in [0.25, 0.3) is 0 Å². The molecule has 128 valence electrons. The van der Waals surface area contributed by atoms with Crippen LogP contribution in [0.5, 0.6) is 11.5 Å². The third-order valence-electron chi connectivity index (χ3n) is 3.12. The molecule has 24 heavy (non-hydrogen) atoms. The van der Waals surface area contributed by atoms with Gasteiger partial charge in [-0.3, -0.25) is 9.59 Å². The summed E-state index contributed by atoms with van der Waals surface area (Å²) in [4.78, 5) is 24.2. The van der Waals surface area contributed by atoms with Crippen LogP contribution in [0.15, 0.2) is 41.8 Å². The highest BCUT2D eigenvalue weighted by molar-refractivity contribution is 7.12. The summed E-state index contributed by atoms with van der Waals surface area (Å²) in [5, 5.41) is 4.63. The molecule has 1 aromatic heterocycles. The Morgan fingerprint density at radius 3 is 2.54 bits per heavy atom. The number of amides is 1. The number of esters is 1. The monoisotopic (exact) mass is 347 g/mol. The third-order valence-corrected chi connectivity index (χ3v) is 3.99. The number of rotatable bonds is 9. The summed E-state index contributed by atoms with van der Waals surface area (Å²) in [6.45, 7) is 3.14. The van der Waals surface area contributed by atoms with Gasteiger partial charge in [-0.15, -0.1) is 11.3 Å². The minimum absolute atomic E-state index is 0.110. The Balaban J connectivity index is 1.65. The highest BCUT2D eigenvalue weighted by Crippen LogP contribution is 2.18. The molecule has 0 fully saturated rings. The van der Waals surface area contributed by atoms with Crippen molar-refractivity contribution in [3.63, 3.8) is 0 Å². The summed E-state index contributed by atoms with van der Waals surface area (Å²) < 4.78 is 10.7. The first-order chi connectivity index (χ1) is 11.7. The Bertz CT molecular complexity index is 638. The fourth-order valence-electron chi connectivity index (χ4n) is 1.94. The molecular weight excluding hydrogens is 326 g/mol. The lowest BCUT2D eigenvalue weighted by atomic mass is 10.3. The predicted octanol–water partition coefficient (Wildman–Crippen LogP) is 3.65. The quantitative estimate of drug-likeness (QED) is 0.427. The smallest absolute Gasteiger partial charge is 0.311 e. The maximum Gasteiger partial charge on any atom is 0.311 e. The van der Waals surface area contributed by atoms with E-state index in [0.717, 1.165) is 12.2 Å². The molecule has 1 aromatic carbocycles. The van der Waals surface area contributed by atoms with Crippen molar-refractivity contribution in [2.24, 2.45) is 0 Å². The molecule has 1 amide bonds.